The van der Waals surface area contributed by atoms with Crippen LogP contribution in [0, 0.1) is 74.1 Å². The van der Waals surface area contributed by atoms with Gasteiger partial charge in [0.1, 0.15) is 34.5 Å². The van der Waals surface area contributed by atoms with Crippen LogP contribution in [0.2, 0.25) is 0 Å². The van der Waals surface area contributed by atoms with Gasteiger partial charge in [0.05, 0.1) is 39.6 Å². The van der Waals surface area contributed by atoms with Crippen LogP contribution in [0.25, 0.3) is 0 Å². The number of nitrogens with one attached hydrogen (secondary N) is 3. The Kier molecular flexibility index (Phi) is 35.2. The third-order valence-electron chi connectivity index (χ3n) is 14.5. The predicted octanol–water partition coefficient (Wildman–Crippen LogP) is 9.94. The molecule has 9 N–H and O–H groups in total. The van der Waals surface area contributed by atoms with Crippen molar-refractivity contribution in [3.8, 4) is 109 Å². The van der Waals surface area contributed by atoms with E-state index in [-0.39, 0.29) is 0 Å². The minimum absolute atomic E-state index is 0.306. The fraction of sp³-hybridized carbons (Fsp3) is 0.535. The average Bonchev–Trinajstić information content (AvgIpc) is 1.68. The molecule has 0 bridgehead atoms. The summed E-state index contributed by atoms with van der Waals surface area (Å²) in [7, 11) is 0. The molecule has 15 nitrogen and oxygen atoms in total. The lowest BCUT2D eigenvalue weighted by Crippen LogP contribution is -2.53. The van der Waals surface area contributed by atoms with Crippen LogP contribution in [0.1, 0.15) is 195 Å². The van der Waals surface area contributed by atoms with Gasteiger partial charge in [-0.15, -0.1) is 74.1 Å². The molecule has 462 valence electrons. The number of amides is 3. The first kappa shape index (κ1) is 70.6. The molecule has 1 saturated carbocycles. The molecule has 3 aromatic rings. The smallest absolute Gasteiger partial charge is 0.251 e. The molecule has 0 aliphatic heterocycles. The van der Waals surface area contributed by atoms with Crippen LogP contribution >= 0.6 is 0 Å². The average molecular weight is 1180 g/mol. The maximum atomic E-state index is 14.8. The number of nitrogens with two attached hydrogens (primary N) is 3. The van der Waals surface area contributed by atoms with Crippen LogP contribution in [0.15, 0.2) is 36.4 Å². The zero-order chi connectivity index (χ0) is 62.0. The van der Waals surface area contributed by atoms with Crippen molar-refractivity contribution in [2.45, 2.75) is 185 Å². The zero-order valence-corrected chi connectivity index (χ0v) is 50.8. The Morgan fingerprint density at radius 1 is 0.349 bits per heavy atom. The van der Waals surface area contributed by atoms with Crippen LogP contribution in [-0.2, 0) is 19.3 Å². The predicted molar refractivity (Wildman–Crippen MR) is 344 cm³/mol. The Balaban J connectivity index is 1.80. The molecule has 0 heterocycles. The standard InChI is InChI=1S/C71H94N6O9/c1-7-13-19-25-40-82-64-46-54(45-63(60(64)33-30-36-72)81-39-24-18-12-6)69(78)75-57-51-58(76-70(79)55-47-65(83-41-26-20-14-8-2)61(34-31-37-73)66(48-55)84-42-27-21-15-9-3)53-59(52-57)77-71(80)56-49-67(85-43-28-22-16-10-4)62(35-32-38-74)68(50-56)86-44-29-23-17-11-5/h1-6,45-50,57-59H,13-44,51-53,72-74H2,(H,75,78)(H,76,79)(H,77,80)/t57-,58+,59-. The number of benzene rings is 3. The number of hydrogen-bond acceptors (Lipinski definition) is 12. The first-order valence-corrected chi connectivity index (χ1v) is 31.0. The van der Waals surface area contributed by atoms with Crippen molar-refractivity contribution >= 4 is 17.7 Å². The summed E-state index contributed by atoms with van der Waals surface area (Å²) >= 11 is 0. The van der Waals surface area contributed by atoms with Gasteiger partial charge in [0.25, 0.3) is 17.7 Å². The fourth-order valence-electron chi connectivity index (χ4n) is 9.99. The lowest BCUT2D eigenvalue weighted by Gasteiger charge is -2.36. The molecule has 0 radical (unpaired) electrons. The van der Waals surface area contributed by atoms with E-state index in [0.717, 1.165) is 48.8 Å². The largest absolute Gasteiger partial charge is 0.493 e. The number of unbranched alkanes of at least 4 members (excludes halogenated alkanes) is 11. The molecule has 0 spiro atoms. The summed E-state index contributed by atoms with van der Waals surface area (Å²) in [5.41, 5.74) is 21.4. The number of carbonyl (C=O) groups is 3. The maximum absolute atomic E-state index is 14.8. The van der Waals surface area contributed by atoms with Gasteiger partial charge >= 0.3 is 0 Å². The van der Waals surface area contributed by atoms with Gasteiger partial charge in [-0.25, -0.2) is 0 Å². The molecule has 4 rings (SSSR count). The summed E-state index contributed by atoms with van der Waals surface area (Å²) in [5, 5.41) is 9.82. The van der Waals surface area contributed by atoms with Gasteiger partial charge in [-0.05, 0) is 184 Å². The van der Waals surface area contributed by atoms with Crippen molar-refractivity contribution in [3.05, 3.63) is 69.8 Å². The van der Waals surface area contributed by atoms with Crippen LogP contribution in [0.3, 0.4) is 0 Å². The fourth-order valence-corrected chi connectivity index (χ4v) is 9.99. The molecule has 3 atom stereocenters. The summed E-state index contributed by atoms with van der Waals surface area (Å²) < 4.78 is 38.4. The Morgan fingerprint density at radius 3 is 0.767 bits per heavy atom. The van der Waals surface area contributed by atoms with Crippen molar-refractivity contribution in [2.24, 2.45) is 17.2 Å². The van der Waals surface area contributed by atoms with E-state index in [1.54, 1.807) is 36.4 Å². The molecule has 86 heavy (non-hydrogen) atoms. The Hall–Kier alpha value is -7.89. The summed E-state index contributed by atoms with van der Waals surface area (Å²) in [6.07, 6.45) is 49.6. The van der Waals surface area contributed by atoms with Crippen molar-refractivity contribution in [2.75, 3.05) is 59.3 Å². The van der Waals surface area contributed by atoms with Crippen molar-refractivity contribution < 1.29 is 42.8 Å². The van der Waals surface area contributed by atoms with E-state index in [2.05, 4.69) is 51.5 Å². The molecule has 3 aromatic carbocycles. The van der Waals surface area contributed by atoms with Gasteiger partial charge in [0.15, 0.2) is 0 Å². The monoisotopic (exact) mass is 1170 g/mol. The molecular formula is C71H94N6O9. The minimum atomic E-state index is -0.554. The molecule has 0 unspecified atom stereocenters. The van der Waals surface area contributed by atoms with Gasteiger partial charge in [-0.1, -0.05) is 0 Å². The third-order valence-corrected chi connectivity index (χ3v) is 14.5. The summed E-state index contributed by atoms with van der Waals surface area (Å²) in [6.45, 7) is 3.53. The Labute approximate surface area is 514 Å². The number of terminal acetylenes is 6. The lowest BCUT2D eigenvalue weighted by atomic mass is 9.86. The van der Waals surface area contributed by atoms with Crippen molar-refractivity contribution in [1.82, 2.24) is 16.0 Å². The summed E-state index contributed by atoms with van der Waals surface area (Å²) in [5.74, 6) is 18.0. The summed E-state index contributed by atoms with van der Waals surface area (Å²) in [4.78, 5) is 44.5. The van der Waals surface area contributed by atoms with E-state index in [9.17, 15) is 14.4 Å². The first-order valence-electron chi connectivity index (χ1n) is 31.0. The molecule has 0 saturated heterocycles. The molecule has 3 amide bonds. The van der Waals surface area contributed by atoms with Crippen molar-refractivity contribution in [1.29, 1.82) is 0 Å². The Bertz CT molecular complexity index is 2610. The molecule has 1 aliphatic rings. The van der Waals surface area contributed by atoms with Crippen LogP contribution in [0.4, 0.5) is 0 Å². The highest BCUT2D eigenvalue weighted by Gasteiger charge is 2.34. The van der Waals surface area contributed by atoms with E-state index in [1.807, 2.05) is 0 Å². The molecule has 15 heteroatoms. The second-order valence-electron chi connectivity index (χ2n) is 21.5. The quantitative estimate of drug-likeness (QED) is 0.0230. The first-order chi connectivity index (χ1) is 42.1. The molecular weight excluding hydrogens is 1080 g/mol. The molecule has 0 aromatic heterocycles. The van der Waals surface area contributed by atoms with E-state index >= 15 is 0 Å². The van der Waals surface area contributed by atoms with Gasteiger partial charge in [-0.3, -0.25) is 14.4 Å². The summed E-state index contributed by atoms with van der Waals surface area (Å²) in [6, 6.07) is 8.78. The van der Waals surface area contributed by atoms with Crippen LogP contribution in [0.5, 0.6) is 34.5 Å². The van der Waals surface area contributed by atoms with Gasteiger partial charge in [0, 0.05) is 90.0 Å². The zero-order valence-electron chi connectivity index (χ0n) is 50.8. The third kappa shape index (κ3) is 25.8. The normalized spacial score (nSPS) is 14.1. The van der Waals surface area contributed by atoms with E-state index in [0.29, 0.717) is 245 Å². The van der Waals surface area contributed by atoms with Crippen LogP contribution < -0.4 is 61.6 Å². The molecule has 1 fully saturated rings. The topological polar surface area (TPSA) is 221 Å². The highest BCUT2D eigenvalue weighted by Crippen LogP contribution is 2.37. The van der Waals surface area contributed by atoms with E-state index < -0.39 is 35.8 Å². The van der Waals surface area contributed by atoms with E-state index in [4.69, 9.17) is 84.2 Å². The van der Waals surface area contributed by atoms with Gasteiger partial charge in [0.2, 0.25) is 0 Å². The molecule has 1 aliphatic carbocycles. The minimum Gasteiger partial charge on any atom is -0.493 e. The second kappa shape index (κ2) is 42.8. The van der Waals surface area contributed by atoms with Gasteiger partial charge in [-0.2, -0.15) is 0 Å². The number of carbonyl (C=O) groups excluding carboxylic acids is 3. The number of ether oxygens (including phenoxy) is 6. The number of rotatable bonds is 44. The highest BCUT2D eigenvalue weighted by atomic mass is 16.5. The highest BCUT2D eigenvalue weighted by molar-refractivity contribution is 5.97. The second-order valence-corrected chi connectivity index (χ2v) is 21.5. The Morgan fingerprint density at radius 2 is 0.558 bits per heavy atom. The SMILES string of the molecule is C#CCCCCOc1cc(C(=O)N[C@H]2C[C@@H](NC(=O)c3cc(OCCCCC#C)c(CCCN)c(OCCCCC#C)c3)C[C@@H](NC(=O)c3cc(OCCCCC#C)c(CCCN)c(OCCCCC#C)c3)C2)cc(OCCCC#C)c1CCCN. The van der Waals surface area contributed by atoms with Gasteiger partial charge < -0.3 is 61.6 Å². The van der Waals surface area contributed by atoms with E-state index in [1.165, 1.54) is 0 Å². The van der Waals surface area contributed by atoms with Crippen molar-refractivity contribution in [3.63, 3.8) is 0 Å². The lowest BCUT2D eigenvalue weighted by molar-refractivity contribution is 0.0869. The number of hydrogen-bond donors (Lipinski definition) is 6. The van der Waals surface area contributed by atoms with Crippen LogP contribution in [-0.4, -0.2) is 95.1 Å². The maximum Gasteiger partial charge on any atom is 0.251 e.